The van der Waals surface area contributed by atoms with Gasteiger partial charge in [0.2, 0.25) is 5.91 Å². The molecule has 0 aliphatic carbocycles. The van der Waals surface area contributed by atoms with Crippen LogP contribution in [0.25, 0.3) is 0 Å². The third-order valence-corrected chi connectivity index (χ3v) is 4.10. The molecule has 2 N–H and O–H groups in total. The first kappa shape index (κ1) is 18.4. The monoisotopic (exact) mass is 356 g/mol. The third-order valence-electron chi connectivity index (χ3n) is 4.10. The Balaban J connectivity index is 0.00000208. The van der Waals surface area contributed by atoms with Crippen molar-refractivity contribution in [1.29, 1.82) is 0 Å². The number of halogens is 1. The zero-order chi connectivity index (χ0) is 16.2. The van der Waals surface area contributed by atoms with Crippen LogP contribution in [-0.4, -0.2) is 54.7 Å². The Morgan fingerprint density at radius 2 is 2.08 bits per heavy atom. The van der Waals surface area contributed by atoms with Crippen LogP contribution in [0.4, 0.5) is 0 Å². The van der Waals surface area contributed by atoms with Gasteiger partial charge in [-0.25, -0.2) is 0 Å². The molecule has 0 bridgehead atoms. The van der Waals surface area contributed by atoms with Gasteiger partial charge in [-0.15, -0.1) is 12.4 Å². The van der Waals surface area contributed by atoms with E-state index in [1.54, 1.807) is 0 Å². The van der Waals surface area contributed by atoms with Crippen LogP contribution in [-0.2, 0) is 9.59 Å². The summed E-state index contributed by atoms with van der Waals surface area (Å²) < 4.78 is 11.4. The molecule has 1 aromatic rings. The van der Waals surface area contributed by atoms with Crippen molar-refractivity contribution in [2.24, 2.45) is 0 Å². The molecule has 1 unspecified atom stereocenters. The van der Waals surface area contributed by atoms with Gasteiger partial charge >= 0.3 is 5.97 Å². The molecule has 0 saturated carbocycles. The van der Waals surface area contributed by atoms with Crippen LogP contribution in [0.3, 0.4) is 0 Å². The average Bonchev–Trinajstić information content (AvgIpc) is 3.00. The van der Waals surface area contributed by atoms with E-state index in [1.165, 1.54) is 0 Å². The van der Waals surface area contributed by atoms with Crippen molar-refractivity contribution in [3.63, 3.8) is 0 Å². The Kier molecular flexibility index (Phi) is 6.28. The maximum Gasteiger partial charge on any atom is 0.322 e. The number of likely N-dealkylation sites (tertiary alicyclic amines) is 1. The lowest BCUT2D eigenvalue weighted by Crippen LogP contribution is -2.39. The summed E-state index contributed by atoms with van der Waals surface area (Å²) in [6, 6.07) is 5.91. The summed E-state index contributed by atoms with van der Waals surface area (Å²) >= 11 is 0. The summed E-state index contributed by atoms with van der Waals surface area (Å²) in [5, 5.41) is 11.0. The van der Waals surface area contributed by atoms with Gasteiger partial charge in [-0.1, -0.05) is 12.1 Å². The summed E-state index contributed by atoms with van der Waals surface area (Å²) in [5.41, 5.74) is 1.03. The minimum atomic E-state index is -1.04. The molecule has 1 amide bonds. The van der Waals surface area contributed by atoms with Gasteiger partial charge in [-0.3, -0.25) is 14.5 Å². The first-order chi connectivity index (χ1) is 11.1. The number of amides is 1. The van der Waals surface area contributed by atoms with Gasteiger partial charge in [0.05, 0.1) is 6.54 Å². The quantitative estimate of drug-likeness (QED) is 0.824. The first-order valence-electron chi connectivity index (χ1n) is 7.76. The maximum atomic E-state index is 11.9. The number of carboxylic acids is 1. The number of para-hydroxylation sites is 1. The van der Waals surface area contributed by atoms with E-state index in [4.69, 9.17) is 14.6 Å². The number of hydrogen-bond donors (Lipinski definition) is 2. The number of carbonyl (C=O) groups is 2. The summed E-state index contributed by atoms with van der Waals surface area (Å²) in [5.74, 6) is 0.192. The molecule has 0 radical (unpaired) electrons. The zero-order valence-corrected chi connectivity index (χ0v) is 14.0. The molecule has 1 aromatic carbocycles. The highest BCUT2D eigenvalue weighted by atomic mass is 35.5. The van der Waals surface area contributed by atoms with E-state index in [2.05, 4.69) is 10.2 Å². The molecule has 3 rings (SSSR count). The lowest BCUT2D eigenvalue weighted by Gasteiger charge is -2.28. The molecule has 7 nitrogen and oxygen atoms in total. The minimum absolute atomic E-state index is 0. The second-order valence-corrected chi connectivity index (χ2v) is 5.67. The fourth-order valence-corrected chi connectivity index (χ4v) is 3.14. The van der Waals surface area contributed by atoms with E-state index in [9.17, 15) is 9.59 Å². The molecular formula is C16H21ClN2O5. The van der Waals surface area contributed by atoms with E-state index >= 15 is 0 Å². The van der Waals surface area contributed by atoms with Gasteiger partial charge in [0, 0.05) is 11.6 Å². The lowest BCUT2D eigenvalue weighted by atomic mass is 10.0. The molecule has 0 aromatic heterocycles. The normalized spacial score (nSPS) is 19.4. The number of ether oxygens (including phenoxy) is 2. The highest BCUT2D eigenvalue weighted by molar-refractivity contribution is 5.85. The number of nitrogens with zero attached hydrogens (tertiary/aromatic N) is 1. The van der Waals surface area contributed by atoms with Crippen LogP contribution in [0, 0.1) is 0 Å². The molecule has 1 fully saturated rings. The largest absolute Gasteiger partial charge is 0.486 e. The lowest BCUT2D eigenvalue weighted by molar-refractivity contribution is -0.138. The average molecular weight is 357 g/mol. The van der Waals surface area contributed by atoms with Gasteiger partial charge in [-0.2, -0.15) is 0 Å². The fraction of sp³-hybridized carbons (Fsp3) is 0.500. The van der Waals surface area contributed by atoms with Crippen molar-refractivity contribution in [2.45, 2.75) is 18.9 Å². The van der Waals surface area contributed by atoms with Crippen LogP contribution in [0.1, 0.15) is 24.4 Å². The predicted octanol–water partition coefficient (Wildman–Crippen LogP) is 1.22. The number of nitrogens with one attached hydrogen (secondary N) is 1. The molecule has 2 heterocycles. The van der Waals surface area contributed by atoms with E-state index < -0.39 is 5.97 Å². The van der Waals surface area contributed by atoms with Crippen LogP contribution in [0.2, 0.25) is 0 Å². The predicted molar refractivity (Wildman–Crippen MR) is 88.9 cm³/mol. The molecule has 24 heavy (non-hydrogen) atoms. The van der Waals surface area contributed by atoms with Crippen LogP contribution < -0.4 is 14.8 Å². The summed E-state index contributed by atoms with van der Waals surface area (Å²) in [7, 11) is 0. The molecule has 2 aliphatic rings. The first-order valence-corrected chi connectivity index (χ1v) is 7.76. The van der Waals surface area contributed by atoms with Crippen LogP contribution in [0.5, 0.6) is 11.5 Å². The van der Waals surface area contributed by atoms with Crippen molar-refractivity contribution >= 4 is 24.3 Å². The number of fused-ring (bicyclic) bond motifs is 1. The van der Waals surface area contributed by atoms with Crippen LogP contribution >= 0.6 is 12.4 Å². The Hall–Kier alpha value is -1.99. The van der Waals surface area contributed by atoms with Crippen molar-refractivity contribution < 1.29 is 24.2 Å². The fourth-order valence-electron chi connectivity index (χ4n) is 3.14. The van der Waals surface area contributed by atoms with Gasteiger partial charge in [0.1, 0.15) is 19.8 Å². The van der Waals surface area contributed by atoms with E-state index in [1.807, 2.05) is 18.2 Å². The van der Waals surface area contributed by atoms with Crippen molar-refractivity contribution in [2.75, 3.05) is 32.8 Å². The topological polar surface area (TPSA) is 88.1 Å². The number of carbonyl (C=O) groups excluding carboxylic acids is 1. The highest BCUT2D eigenvalue weighted by Gasteiger charge is 2.31. The van der Waals surface area contributed by atoms with E-state index in [-0.39, 0.29) is 37.4 Å². The Morgan fingerprint density at radius 3 is 2.88 bits per heavy atom. The van der Waals surface area contributed by atoms with Gasteiger partial charge in [0.15, 0.2) is 11.5 Å². The summed E-state index contributed by atoms with van der Waals surface area (Å²) in [4.78, 5) is 24.5. The SMILES string of the molecule is Cl.O=C(O)CNC(=O)CN1CCCC1c1cccc2c1OCCO2. The third kappa shape index (κ3) is 4.10. The number of aliphatic carboxylic acids is 1. The second kappa shape index (κ2) is 8.21. The number of benzene rings is 1. The zero-order valence-electron chi connectivity index (χ0n) is 13.2. The number of hydrogen-bond acceptors (Lipinski definition) is 5. The molecular weight excluding hydrogens is 336 g/mol. The Labute approximate surface area is 146 Å². The molecule has 132 valence electrons. The number of carboxylic acid groups (broad SMARTS) is 1. The summed E-state index contributed by atoms with van der Waals surface area (Å²) in [6.07, 6.45) is 1.92. The van der Waals surface area contributed by atoms with Gasteiger partial charge < -0.3 is 19.9 Å². The molecule has 8 heteroatoms. The van der Waals surface area contributed by atoms with E-state index in [0.29, 0.717) is 13.2 Å². The smallest absolute Gasteiger partial charge is 0.322 e. The molecule has 2 aliphatic heterocycles. The Morgan fingerprint density at radius 1 is 1.29 bits per heavy atom. The van der Waals surface area contributed by atoms with Gasteiger partial charge in [-0.05, 0) is 25.5 Å². The standard InChI is InChI=1S/C16H20N2O5.ClH/c19-14(17-9-15(20)21)10-18-6-2-4-12(18)11-3-1-5-13-16(11)23-8-7-22-13;/h1,3,5,12H,2,4,6-10H2,(H,17,19)(H,20,21);1H. The summed E-state index contributed by atoms with van der Waals surface area (Å²) in [6.45, 7) is 1.70. The van der Waals surface area contributed by atoms with Crippen molar-refractivity contribution in [3.05, 3.63) is 23.8 Å². The molecule has 1 atom stereocenters. The minimum Gasteiger partial charge on any atom is -0.486 e. The van der Waals surface area contributed by atoms with Crippen LogP contribution in [0.15, 0.2) is 18.2 Å². The molecule has 0 spiro atoms. The molecule has 1 saturated heterocycles. The Bertz CT molecular complexity index is 610. The van der Waals surface area contributed by atoms with Gasteiger partial charge in [0.25, 0.3) is 0 Å². The highest BCUT2D eigenvalue weighted by Crippen LogP contribution is 2.42. The van der Waals surface area contributed by atoms with Crippen molar-refractivity contribution in [1.82, 2.24) is 10.2 Å². The second-order valence-electron chi connectivity index (χ2n) is 5.67. The van der Waals surface area contributed by atoms with Crippen molar-refractivity contribution in [3.8, 4) is 11.5 Å². The van der Waals surface area contributed by atoms with E-state index in [0.717, 1.165) is 36.4 Å². The number of rotatable bonds is 5. The maximum absolute atomic E-state index is 11.9.